The number of unbranched alkanes of at least 4 members (excludes halogenated alkanes) is 2. The summed E-state index contributed by atoms with van der Waals surface area (Å²) in [6, 6.07) is 8.24. The van der Waals surface area contributed by atoms with Crippen LogP contribution in [0.3, 0.4) is 0 Å². The molecule has 4 aromatic rings. The summed E-state index contributed by atoms with van der Waals surface area (Å²) in [5, 5.41) is 0. The Kier molecular flexibility index (Phi) is 8.98. The lowest BCUT2D eigenvalue weighted by Gasteiger charge is -2.52. The Bertz CT molecular complexity index is 1790. The summed E-state index contributed by atoms with van der Waals surface area (Å²) in [5.41, 5.74) is -2.81. The number of rotatable bonds is 10. The minimum Gasteiger partial charge on any atom is -0.429 e. The van der Waals surface area contributed by atoms with E-state index in [1.807, 2.05) is 0 Å². The van der Waals surface area contributed by atoms with E-state index >= 15 is 8.78 Å². The van der Waals surface area contributed by atoms with Gasteiger partial charge in [0.25, 0.3) is 0 Å². The summed E-state index contributed by atoms with van der Waals surface area (Å²) in [4.78, 5) is 0. The van der Waals surface area contributed by atoms with Crippen LogP contribution in [-0.2, 0) is 26.3 Å². The Hall–Kier alpha value is -4.07. The first kappa shape index (κ1) is 33.8. The Labute approximate surface area is 269 Å². The topological polar surface area (TPSA) is 36.9 Å². The maximum Gasteiger partial charge on any atom is 0.432 e. The summed E-state index contributed by atoms with van der Waals surface area (Å²) in [7, 11) is 0. The zero-order valence-electron chi connectivity index (χ0n) is 25.3. The van der Waals surface area contributed by atoms with Gasteiger partial charge < -0.3 is 18.9 Å². The van der Waals surface area contributed by atoms with E-state index in [1.54, 1.807) is 0 Å². The van der Waals surface area contributed by atoms with Crippen LogP contribution in [0.25, 0.3) is 22.3 Å². The van der Waals surface area contributed by atoms with Crippen molar-refractivity contribution in [3.05, 3.63) is 113 Å². The predicted octanol–water partition coefficient (Wildman–Crippen LogP) is 9.88. The van der Waals surface area contributed by atoms with Crippen molar-refractivity contribution < 1.29 is 58.5 Å². The molecule has 0 N–H and O–H groups in total. The van der Waals surface area contributed by atoms with E-state index in [-0.39, 0.29) is 34.2 Å². The molecule has 0 spiro atoms. The maximum atomic E-state index is 15.4. The SMILES string of the molecule is CCCCCC12COC(c3ccc(-c4ccc(-c5cc(F)c(C(F)(F)Oc6cc(F)c(F)c(F)c6)c(F)c5)c(F)c4)c(F)c3)(OC1)OC2. The third kappa shape index (κ3) is 6.26. The summed E-state index contributed by atoms with van der Waals surface area (Å²) < 4.78 is 152. The molecule has 48 heavy (non-hydrogen) atoms. The molecule has 3 heterocycles. The molecule has 3 fully saturated rings. The van der Waals surface area contributed by atoms with Gasteiger partial charge in [-0.3, -0.25) is 0 Å². The monoisotopic (exact) mass is 682 g/mol. The fourth-order valence-electron chi connectivity index (χ4n) is 5.86. The van der Waals surface area contributed by atoms with Crippen LogP contribution in [0.2, 0.25) is 0 Å². The molecular formula is C35H27F9O4. The van der Waals surface area contributed by atoms with Crippen molar-refractivity contribution in [2.45, 2.75) is 44.7 Å². The molecule has 0 radical (unpaired) electrons. The lowest BCUT2D eigenvalue weighted by molar-refractivity contribution is -0.480. The van der Waals surface area contributed by atoms with Crippen LogP contribution >= 0.6 is 0 Å². The Morgan fingerprint density at radius 3 is 1.75 bits per heavy atom. The van der Waals surface area contributed by atoms with Crippen LogP contribution in [0.5, 0.6) is 5.75 Å². The second-order valence-corrected chi connectivity index (χ2v) is 11.9. The Balaban J connectivity index is 1.21. The molecule has 3 saturated heterocycles. The normalized spacial score (nSPS) is 20.7. The lowest BCUT2D eigenvalue weighted by Crippen LogP contribution is -2.58. The molecule has 0 saturated carbocycles. The van der Waals surface area contributed by atoms with Gasteiger partial charge in [0.1, 0.15) is 34.6 Å². The average molecular weight is 683 g/mol. The van der Waals surface area contributed by atoms with Gasteiger partial charge >= 0.3 is 12.1 Å². The number of ether oxygens (including phenoxy) is 4. The van der Waals surface area contributed by atoms with Crippen molar-refractivity contribution in [2.75, 3.05) is 19.8 Å². The first-order valence-electron chi connectivity index (χ1n) is 15.0. The van der Waals surface area contributed by atoms with E-state index < -0.39 is 75.2 Å². The molecule has 2 bridgehead atoms. The minimum atomic E-state index is -4.82. The summed E-state index contributed by atoms with van der Waals surface area (Å²) in [6.07, 6.45) is -0.798. The number of benzene rings is 4. The predicted molar refractivity (Wildman–Crippen MR) is 154 cm³/mol. The number of hydrogen-bond acceptors (Lipinski definition) is 4. The number of fused-ring (bicyclic) bond motifs is 3. The first-order valence-corrected chi connectivity index (χ1v) is 15.0. The van der Waals surface area contributed by atoms with Crippen molar-refractivity contribution in [3.8, 4) is 28.0 Å². The van der Waals surface area contributed by atoms with Gasteiger partial charge in [0.15, 0.2) is 17.5 Å². The van der Waals surface area contributed by atoms with Crippen LogP contribution in [0, 0.1) is 46.1 Å². The molecule has 7 rings (SSSR count). The fraction of sp³-hybridized carbons (Fsp3) is 0.314. The highest BCUT2D eigenvalue weighted by Crippen LogP contribution is 2.47. The maximum absolute atomic E-state index is 15.4. The molecule has 4 aromatic carbocycles. The summed E-state index contributed by atoms with van der Waals surface area (Å²) >= 11 is 0. The van der Waals surface area contributed by atoms with E-state index in [1.165, 1.54) is 18.2 Å². The molecule has 3 aliphatic heterocycles. The molecule has 0 aromatic heterocycles. The van der Waals surface area contributed by atoms with Gasteiger partial charge in [-0.2, -0.15) is 8.78 Å². The van der Waals surface area contributed by atoms with Crippen molar-refractivity contribution in [1.82, 2.24) is 0 Å². The summed E-state index contributed by atoms with van der Waals surface area (Å²) in [5.74, 6) is -14.1. The minimum absolute atomic E-state index is 0.0284. The van der Waals surface area contributed by atoms with Crippen molar-refractivity contribution in [2.24, 2.45) is 5.41 Å². The van der Waals surface area contributed by atoms with E-state index in [4.69, 9.17) is 14.2 Å². The molecule has 13 heteroatoms. The zero-order valence-corrected chi connectivity index (χ0v) is 25.3. The smallest absolute Gasteiger partial charge is 0.429 e. The molecular weight excluding hydrogens is 655 g/mol. The van der Waals surface area contributed by atoms with Gasteiger partial charge in [-0.1, -0.05) is 50.5 Å². The molecule has 254 valence electrons. The molecule has 3 aliphatic rings. The van der Waals surface area contributed by atoms with Crippen LogP contribution < -0.4 is 4.74 Å². The Morgan fingerprint density at radius 1 is 0.646 bits per heavy atom. The second kappa shape index (κ2) is 12.8. The largest absolute Gasteiger partial charge is 0.432 e. The van der Waals surface area contributed by atoms with E-state index in [0.29, 0.717) is 32.0 Å². The first-order chi connectivity index (χ1) is 22.8. The third-order valence-electron chi connectivity index (χ3n) is 8.47. The van der Waals surface area contributed by atoms with Gasteiger partial charge in [-0.25, -0.2) is 30.7 Å². The molecule has 4 nitrogen and oxygen atoms in total. The molecule has 0 amide bonds. The average Bonchev–Trinajstić information content (AvgIpc) is 3.03. The van der Waals surface area contributed by atoms with Crippen molar-refractivity contribution in [1.29, 1.82) is 0 Å². The summed E-state index contributed by atoms with van der Waals surface area (Å²) in [6.45, 7) is 3.26. The lowest BCUT2D eigenvalue weighted by atomic mass is 9.82. The molecule has 0 aliphatic carbocycles. The molecule has 0 unspecified atom stereocenters. The van der Waals surface area contributed by atoms with Crippen molar-refractivity contribution >= 4 is 0 Å². The zero-order chi connectivity index (χ0) is 34.4. The highest BCUT2D eigenvalue weighted by atomic mass is 19.3. The van der Waals surface area contributed by atoms with E-state index in [2.05, 4.69) is 11.7 Å². The van der Waals surface area contributed by atoms with E-state index in [0.717, 1.165) is 43.9 Å². The highest BCUT2D eigenvalue weighted by molar-refractivity contribution is 5.72. The second-order valence-electron chi connectivity index (χ2n) is 11.9. The van der Waals surface area contributed by atoms with Crippen molar-refractivity contribution in [3.63, 3.8) is 0 Å². The van der Waals surface area contributed by atoms with Gasteiger partial charge in [0.05, 0.1) is 19.8 Å². The molecule has 0 atom stereocenters. The van der Waals surface area contributed by atoms with Gasteiger partial charge in [-0.05, 0) is 41.8 Å². The van der Waals surface area contributed by atoms with Gasteiger partial charge in [-0.15, -0.1) is 0 Å². The fourth-order valence-corrected chi connectivity index (χ4v) is 5.86. The highest BCUT2D eigenvalue weighted by Gasteiger charge is 2.53. The quantitative estimate of drug-likeness (QED) is 0.0949. The van der Waals surface area contributed by atoms with Crippen LogP contribution in [0.4, 0.5) is 39.5 Å². The Morgan fingerprint density at radius 2 is 1.19 bits per heavy atom. The number of alkyl halides is 2. The number of hydrogen-bond donors (Lipinski definition) is 0. The number of halogens is 9. The van der Waals surface area contributed by atoms with Gasteiger partial charge in [0, 0.05) is 34.2 Å². The van der Waals surface area contributed by atoms with E-state index in [9.17, 15) is 30.7 Å². The van der Waals surface area contributed by atoms with Crippen LogP contribution in [0.15, 0.2) is 60.7 Å². The standard InChI is InChI=1S/C35H27F9O4/c1-2-3-4-9-33-16-45-35(46-17-33,47-18-33)21-6-8-23(26(37)13-21)19-5-7-24(25(36)10-19)20-11-27(38)31(28(39)12-20)34(43,44)48-22-14-29(40)32(42)30(41)15-22/h5-8,10-15H,2-4,9,16-18H2,1H3. The third-order valence-corrected chi connectivity index (χ3v) is 8.47. The van der Waals surface area contributed by atoms with Crippen LogP contribution in [-0.4, -0.2) is 19.8 Å². The van der Waals surface area contributed by atoms with Gasteiger partial charge in [0.2, 0.25) is 0 Å². The van der Waals surface area contributed by atoms with Crippen LogP contribution in [0.1, 0.15) is 43.7 Å².